The van der Waals surface area contributed by atoms with Gasteiger partial charge >= 0.3 is 12.4 Å². The van der Waals surface area contributed by atoms with Crippen LogP contribution in [-0.2, 0) is 27.0 Å². The number of rotatable bonds is 3. The van der Waals surface area contributed by atoms with Gasteiger partial charge in [-0.15, -0.1) is 0 Å². The zero-order valence-corrected chi connectivity index (χ0v) is 17.9. The molecule has 1 aromatic rings. The standard InChI is InChI=1S/C18H18F6N2O3S2/c1-9(2)3-15(27)25-16-26(13-7-31(28,29)8-14(13)30-16)12-5-10(17(19,20)21)4-11(6-12)18(22,23)24/h4-6,9,13-14H,3,7-8H2,1-2H3/t13-,14-/m1/s1. The molecular weight excluding hydrogens is 470 g/mol. The number of benzene rings is 1. The number of halogens is 6. The van der Waals surface area contributed by atoms with Gasteiger partial charge in [0.1, 0.15) is 0 Å². The van der Waals surface area contributed by atoms with Gasteiger partial charge in [0.15, 0.2) is 15.0 Å². The summed E-state index contributed by atoms with van der Waals surface area (Å²) in [6.07, 6.45) is -10.1. The second kappa shape index (κ2) is 7.98. The van der Waals surface area contributed by atoms with Crippen LogP contribution in [0.3, 0.4) is 0 Å². The number of hydrogen-bond acceptors (Lipinski definition) is 4. The lowest BCUT2D eigenvalue weighted by molar-refractivity contribution is -0.143. The summed E-state index contributed by atoms with van der Waals surface area (Å²) in [5.74, 6) is -1.42. The van der Waals surface area contributed by atoms with Crippen molar-refractivity contribution in [1.29, 1.82) is 0 Å². The van der Waals surface area contributed by atoms with E-state index in [4.69, 9.17) is 0 Å². The number of aliphatic imine (C=N–C) groups is 1. The Bertz CT molecular complexity index is 986. The number of fused-ring (bicyclic) bond motifs is 1. The lowest BCUT2D eigenvalue weighted by Crippen LogP contribution is -2.38. The van der Waals surface area contributed by atoms with Crippen molar-refractivity contribution in [2.45, 2.75) is 43.9 Å². The van der Waals surface area contributed by atoms with Crippen LogP contribution in [0.4, 0.5) is 32.0 Å². The van der Waals surface area contributed by atoms with Crippen molar-refractivity contribution in [2.24, 2.45) is 10.9 Å². The molecule has 0 aliphatic carbocycles. The molecule has 1 aromatic carbocycles. The van der Waals surface area contributed by atoms with E-state index in [9.17, 15) is 39.6 Å². The van der Waals surface area contributed by atoms with Gasteiger partial charge in [0, 0.05) is 17.4 Å². The van der Waals surface area contributed by atoms with E-state index in [-0.39, 0.29) is 29.3 Å². The lowest BCUT2D eigenvalue weighted by atomic mass is 10.1. The third kappa shape index (κ3) is 5.36. The molecule has 1 amide bonds. The highest BCUT2D eigenvalue weighted by molar-refractivity contribution is 8.16. The molecule has 2 aliphatic heterocycles. The van der Waals surface area contributed by atoms with Crippen molar-refractivity contribution in [3.05, 3.63) is 29.3 Å². The molecular formula is C18H18F6N2O3S2. The topological polar surface area (TPSA) is 66.8 Å². The van der Waals surface area contributed by atoms with Crippen LogP contribution in [0.25, 0.3) is 0 Å². The predicted octanol–water partition coefficient (Wildman–Crippen LogP) is 4.37. The zero-order chi connectivity index (χ0) is 23.4. The second-order valence-corrected chi connectivity index (χ2v) is 11.2. The largest absolute Gasteiger partial charge is 0.416 e. The van der Waals surface area contributed by atoms with Crippen molar-refractivity contribution in [2.75, 3.05) is 16.4 Å². The van der Waals surface area contributed by atoms with E-state index in [1.807, 2.05) is 0 Å². The third-order valence-electron chi connectivity index (χ3n) is 4.72. The molecule has 0 unspecified atom stereocenters. The van der Waals surface area contributed by atoms with Crippen molar-refractivity contribution >= 4 is 38.4 Å². The smallest absolute Gasteiger partial charge is 0.316 e. The molecule has 0 bridgehead atoms. The van der Waals surface area contributed by atoms with Crippen molar-refractivity contribution in [3.8, 4) is 0 Å². The van der Waals surface area contributed by atoms with Gasteiger partial charge in [-0.1, -0.05) is 25.6 Å². The van der Waals surface area contributed by atoms with Crippen molar-refractivity contribution in [3.63, 3.8) is 0 Å². The first kappa shape index (κ1) is 23.9. The number of amidine groups is 1. The van der Waals surface area contributed by atoms with Crippen LogP contribution >= 0.6 is 11.8 Å². The number of hydrogen-bond donors (Lipinski definition) is 0. The summed E-state index contributed by atoms with van der Waals surface area (Å²) >= 11 is 0.882. The summed E-state index contributed by atoms with van der Waals surface area (Å²) in [5.41, 5.74) is -3.56. The fourth-order valence-corrected chi connectivity index (χ4v) is 7.38. The number of amides is 1. The SMILES string of the molecule is CC(C)CC(=O)N=C1S[C@@H]2CS(=O)(=O)C[C@H]2N1c1cc(C(F)(F)F)cc(C(F)(F)F)c1. The predicted molar refractivity (Wildman–Crippen MR) is 105 cm³/mol. The Kier molecular flexibility index (Phi) is 6.15. The van der Waals surface area contributed by atoms with Gasteiger partial charge in [0.25, 0.3) is 0 Å². The molecule has 2 fully saturated rings. The number of carbonyl (C=O) groups excluding carboxylic acids is 1. The summed E-state index contributed by atoms with van der Waals surface area (Å²) in [6, 6.07) is 0.109. The normalized spacial score (nSPS) is 24.8. The monoisotopic (exact) mass is 488 g/mol. The molecule has 3 rings (SSSR count). The van der Waals surface area contributed by atoms with Gasteiger partial charge in [-0.05, 0) is 24.1 Å². The first-order chi connectivity index (χ1) is 14.1. The summed E-state index contributed by atoms with van der Waals surface area (Å²) < 4.78 is 104. The first-order valence-electron chi connectivity index (χ1n) is 9.14. The molecule has 2 heterocycles. The van der Waals surface area contributed by atoms with Gasteiger partial charge < -0.3 is 4.90 Å². The van der Waals surface area contributed by atoms with Crippen LogP contribution in [0.5, 0.6) is 0 Å². The van der Waals surface area contributed by atoms with E-state index >= 15 is 0 Å². The van der Waals surface area contributed by atoms with E-state index in [2.05, 4.69) is 4.99 Å². The highest BCUT2D eigenvalue weighted by Gasteiger charge is 2.50. The van der Waals surface area contributed by atoms with E-state index in [1.165, 1.54) is 0 Å². The maximum absolute atomic E-state index is 13.3. The Labute approximate surface area is 178 Å². The van der Waals surface area contributed by atoms with Crippen LogP contribution in [-0.4, -0.2) is 42.3 Å². The second-order valence-electron chi connectivity index (χ2n) is 7.82. The van der Waals surface area contributed by atoms with Gasteiger partial charge in [-0.3, -0.25) is 4.79 Å². The third-order valence-corrected chi connectivity index (χ3v) is 7.93. The molecule has 0 N–H and O–H groups in total. The minimum atomic E-state index is -5.06. The quantitative estimate of drug-likeness (QED) is 0.592. The number of nitrogens with zero attached hydrogens (tertiary/aromatic N) is 2. The van der Waals surface area contributed by atoms with Crippen LogP contribution in [0.15, 0.2) is 23.2 Å². The molecule has 0 aromatic heterocycles. The molecule has 0 saturated carbocycles. The fourth-order valence-electron chi connectivity index (χ4n) is 3.45. The highest BCUT2D eigenvalue weighted by atomic mass is 32.2. The molecule has 0 radical (unpaired) electrons. The van der Waals surface area contributed by atoms with Gasteiger partial charge in [0.2, 0.25) is 5.91 Å². The Hall–Kier alpha value is -1.76. The van der Waals surface area contributed by atoms with Gasteiger partial charge in [-0.2, -0.15) is 31.3 Å². The molecule has 2 saturated heterocycles. The highest BCUT2D eigenvalue weighted by Crippen LogP contribution is 2.44. The average molecular weight is 488 g/mol. The molecule has 2 atom stereocenters. The summed E-state index contributed by atoms with van der Waals surface area (Å²) in [5, 5.41) is -0.748. The van der Waals surface area contributed by atoms with Gasteiger partial charge in [0.05, 0.1) is 28.7 Å². The lowest BCUT2D eigenvalue weighted by Gasteiger charge is -2.26. The Morgan fingerprint density at radius 2 is 1.65 bits per heavy atom. The number of anilines is 1. The molecule has 13 heteroatoms. The Balaban J connectivity index is 2.15. The minimum Gasteiger partial charge on any atom is -0.316 e. The van der Waals surface area contributed by atoms with E-state index in [0.29, 0.717) is 12.1 Å². The van der Waals surface area contributed by atoms with Gasteiger partial charge in [-0.25, -0.2) is 8.42 Å². The van der Waals surface area contributed by atoms with Crippen LogP contribution in [0, 0.1) is 5.92 Å². The number of carbonyl (C=O) groups is 1. The number of sulfone groups is 1. The number of alkyl halides is 6. The van der Waals surface area contributed by atoms with E-state index < -0.39 is 62.0 Å². The molecule has 5 nitrogen and oxygen atoms in total. The van der Waals surface area contributed by atoms with E-state index in [1.54, 1.807) is 13.8 Å². The first-order valence-corrected chi connectivity index (χ1v) is 11.8. The summed E-state index contributed by atoms with van der Waals surface area (Å²) in [4.78, 5) is 17.1. The zero-order valence-electron chi connectivity index (χ0n) is 16.3. The maximum atomic E-state index is 13.3. The summed E-state index contributed by atoms with van der Waals surface area (Å²) in [7, 11) is -3.54. The van der Waals surface area contributed by atoms with Crippen LogP contribution in [0.1, 0.15) is 31.4 Å². The minimum absolute atomic E-state index is 0.00365. The van der Waals surface area contributed by atoms with Crippen LogP contribution < -0.4 is 4.90 Å². The maximum Gasteiger partial charge on any atom is 0.416 e. The Morgan fingerprint density at radius 3 is 2.13 bits per heavy atom. The number of thioether (sulfide) groups is 1. The average Bonchev–Trinajstić information content (AvgIpc) is 3.02. The van der Waals surface area contributed by atoms with Crippen molar-refractivity contribution < 1.29 is 39.6 Å². The molecule has 31 heavy (non-hydrogen) atoms. The molecule has 0 spiro atoms. The summed E-state index contributed by atoms with van der Waals surface area (Å²) in [6.45, 7) is 3.50. The van der Waals surface area contributed by atoms with E-state index in [0.717, 1.165) is 16.7 Å². The molecule has 172 valence electrons. The Morgan fingerprint density at radius 1 is 1.10 bits per heavy atom. The molecule has 2 aliphatic rings. The van der Waals surface area contributed by atoms with Crippen LogP contribution in [0.2, 0.25) is 0 Å². The van der Waals surface area contributed by atoms with Crippen molar-refractivity contribution in [1.82, 2.24) is 0 Å². The fraction of sp³-hybridized carbons (Fsp3) is 0.556.